The summed E-state index contributed by atoms with van der Waals surface area (Å²) in [5.74, 6) is 0. The summed E-state index contributed by atoms with van der Waals surface area (Å²) in [6, 6.07) is 63.7. The Bertz CT molecular complexity index is 3030. The maximum Gasteiger partial charge on any atom is 0.136 e. The average molecular weight is 636 g/mol. The molecule has 0 saturated carbocycles. The van der Waals surface area contributed by atoms with E-state index in [1.54, 1.807) is 0 Å². The van der Waals surface area contributed by atoms with Crippen LogP contribution in [0.1, 0.15) is 0 Å². The Labute approximate surface area is 288 Å². The Morgan fingerprint density at radius 3 is 1.50 bits per heavy atom. The molecule has 232 valence electrons. The molecule has 11 rings (SSSR count). The van der Waals surface area contributed by atoms with Crippen LogP contribution in [0.5, 0.6) is 0 Å². The van der Waals surface area contributed by atoms with Gasteiger partial charge < -0.3 is 8.98 Å². The molecule has 0 aliphatic heterocycles. The number of fused-ring (bicyclic) bond motifs is 10. The van der Waals surface area contributed by atoms with Gasteiger partial charge in [-0.1, -0.05) is 140 Å². The van der Waals surface area contributed by atoms with E-state index in [2.05, 4.69) is 180 Å². The zero-order valence-electron chi connectivity index (χ0n) is 27.1. The largest absolute Gasteiger partial charge is 0.456 e. The van der Waals surface area contributed by atoms with Crippen molar-refractivity contribution in [1.82, 2.24) is 4.57 Å². The van der Waals surface area contributed by atoms with Gasteiger partial charge in [-0.15, -0.1) is 0 Å². The number of rotatable bonds is 3. The molecule has 0 amide bonds. The third kappa shape index (κ3) is 3.79. The monoisotopic (exact) mass is 635 g/mol. The molecule has 0 spiro atoms. The molecule has 0 aliphatic rings. The standard InChI is InChI=1S/C48H29NO/c1-2-13-33-30(12-1)26-29-44-47(33)48-40(20-11-23-43(48)50-44)46-38-18-5-3-16-36(38)45(37-17-4-6-19-39(37)46)31-24-27-32(28-25-31)49-41-21-9-7-14-34(41)35-15-8-10-22-42(35)49/h1-29H. The lowest BCUT2D eigenvalue weighted by Gasteiger charge is -2.18. The van der Waals surface area contributed by atoms with Crippen LogP contribution in [0.4, 0.5) is 0 Å². The van der Waals surface area contributed by atoms with Gasteiger partial charge in [0.2, 0.25) is 0 Å². The minimum atomic E-state index is 0.909. The number of furan rings is 1. The topological polar surface area (TPSA) is 18.1 Å². The van der Waals surface area contributed by atoms with E-state index in [4.69, 9.17) is 4.42 Å². The first-order chi connectivity index (χ1) is 24.8. The van der Waals surface area contributed by atoms with Gasteiger partial charge in [-0.25, -0.2) is 0 Å². The van der Waals surface area contributed by atoms with E-state index < -0.39 is 0 Å². The fourth-order valence-corrected chi connectivity index (χ4v) is 8.50. The maximum atomic E-state index is 6.53. The minimum absolute atomic E-state index is 0.909. The summed E-state index contributed by atoms with van der Waals surface area (Å²) < 4.78 is 8.92. The summed E-state index contributed by atoms with van der Waals surface area (Å²) in [5, 5.41) is 12.2. The maximum absolute atomic E-state index is 6.53. The van der Waals surface area contributed by atoms with Crippen LogP contribution in [0.15, 0.2) is 180 Å². The first-order valence-corrected chi connectivity index (χ1v) is 17.2. The third-order valence-electron chi connectivity index (χ3n) is 10.6. The van der Waals surface area contributed by atoms with Crippen LogP contribution in [-0.2, 0) is 0 Å². The third-order valence-corrected chi connectivity index (χ3v) is 10.6. The molecule has 2 heterocycles. The summed E-state index contributed by atoms with van der Waals surface area (Å²) in [6.07, 6.45) is 0. The second-order valence-electron chi connectivity index (χ2n) is 13.2. The van der Waals surface area contributed by atoms with Gasteiger partial charge >= 0.3 is 0 Å². The van der Waals surface area contributed by atoms with Crippen LogP contribution >= 0.6 is 0 Å². The van der Waals surface area contributed by atoms with Gasteiger partial charge in [0.25, 0.3) is 0 Å². The molecule has 0 radical (unpaired) electrons. The van der Waals surface area contributed by atoms with Crippen molar-refractivity contribution in [3.8, 4) is 27.9 Å². The number of benzene rings is 9. The predicted octanol–water partition coefficient (Wildman–Crippen LogP) is 13.5. The zero-order chi connectivity index (χ0) is 32.8. The fraction of sp³-hybridized carbons (Fsp3) is 0. The second-order valence-corrected chi connectivity index (χ2v) is 13.2. The number of hydrogen-bond acceptors (Lipinski definition) is 1. The number of aromatic nitrogens is 1. The van der Waals surface area contributed by atoms with Crippen LogP contribution in [0, 0.1) is 0 Å². The van der Waals surface area contributed by atoms with Crippen molar-refractivity contribution in [3.05, 3.63) is 176 Å². The van der Waals surface area contributed by atoms with Gasteiger partial charge in [-0.2, -0.15) is 0 Å². The Balaban J connectivity index is 1.18. The first-order valence-electron chi connectivity index (χ1n) is 17.2. The minimum Gasteiger partial charge on any atom is -0.456 e. The van der Waals surface area contributed by atoms with Gasteiger partial charge in [-0.3, -0.25) is 0 Å². The number of para-hydroxylation sites is 2. The molecule has 0 unspecified atom stereocenters. The molecular weight excluding hydrogens is 607 g/mol. The Hall–Kier alpha value is -6.64. The molecule has 0 N–H and O–H groups in total. The van der Waals surface area contributed by atoms with Crippen LogP contribution in [0.2, 0.25) is 0 Å². The molecule has 0 saturated heterocycles. The molecule has 11 aromatic rings. The van der Waals surface area contributed by atoms with Crippen molar-refractivity contribution < 1.29 is 4.42 Å². The summed E-state index contributed by atoms with van der Waals surface area (Å²) in [6.45, 7) is 0. The van der Waals surface area contributed by atoms with Gasteiger partial charge in [0.15, 0.2) is 0 Å². The molecule has 0 atom stereocenters. The van der Waals surface area contributed by atoms with E-state index in [1.807, 2.05) is 0 Å². The van der Waals surface area contributed by atoms with Crippen LogP contribution in [0.3, 0.4) is 0 Å². The molecule has 0 bridgehead atoms. The second kappa shape index (κ2) is 10.4. The average Bonchev–Trinajstić information content (AvgIpc) is 3.74. The summed E-state index contributed by atoms with van der Waals surface area (Å²) in [4.78, 5) is 0. The Kier molecular flexibility index (Phi) is 5.70. The van der Waals surface area contributed by atoms with E-state index in [1.165, 1.54) is 81.8 Å². The molecule has 50 heavy (non-hydrogen) atoms. The highest BCUT2D eigenvalue weighted by Crippen LogP contribution is 2.48. The van der Waals surface area contributed by atoms with Crippen molar-refractivity contribution in [2.75, 3.05) is 0 Å². The molecule has 2 aromatic heterocycles. The first kappa shape index (κ1) is 27.3. The van der Waals surface area contributed by atoms with Gasteiger partial charge in [0.1, 0.15) is 11.2 Å². The van der Waals surface area contributed by atoms with Gasteiger partial charge in [0, 0.05) is 27.2 Å². The van der Waals surface area contributed by atoms with E-state index in [-0.39, 0.29) is 0 Å². The quantitative estimate of drug-likeness (QED) is 0.177. The van der Waals surface area contributed by atoms with Crippen molar-refractivity contribution in [1.29, 1.82) is 0 Å². The normalized spacial score (nSPS) is 12.0. The Morgan fingerprint density at radius 1 is 0.340 bits per heavy atom. The molecule has 9 aromatic carbocycles. The zero-order valence-corrected chi connectivity index (χ0v) is 27.1. The molecule has 2 nitrogen and oxygen atoms in total. The highest BCUT2D eigenvalue weighted by molar-refractivity contribution is 6.28. The van der Waals surface area contributed by atoms with E-state index in [0.29, 0.717) is 0 Å². The predicted molar refractivity (Wildman–Crippen MR) is 211 cm³/mol. The van der Waals surface area contributed by atoms with Crippen molar-refractivity contribution in [3.63, 3.8) is 0 Å². The molecule has 0 fully saturated rings. The fourth-order valence-electron chi connectivity index (χ4n) is 8.50. The van der Waals surface area contributed by atoms with E-state index >= 15 is 0 Å². The summed E-state index contributed by atoms with van der Waals surface area (Å²) in [5.41, 5.74) is 10.3. The molecule has 0 aliphatic carbocycles. The lowest BCUT2D eigenvalue weighted by molar-refractivity contribution is 0.669. The van der Waals surface area contributed by atoms with Crippen molar-refractivity contribution >= 4 is 76.1 Å². The van der Waals surface area contributed by atoms with Crippen molar-refractivity contribution in [2.24, 2.45) is 0 Å². The van der Waals surface area contributed by atoms with Gasteiger partial charge in [0.05, 0.1) is 11.0 Å². The highest BCUT2D eigenvalue weighted by Gasteiger charge is 2.21. The molecular formula is C48H29NO. The Morgan fingerprint density at radius 2 is 0.860 bits per heavy atom. The van der Waals surface area contributed by atoms with Crippen LogP contribution in [0.25, 0.3) is 104 Å². The van der Waals surface area contributed by atoms with Crippen LogP contribution in [-0.4, -0.2) is 4.57 Å². The molecule has 2 heteroatoms. The highest BCUT2D eigenvalue weighted by atomic mass is 16.3. The van der Waals surface area contributed by atoms with Crippen LogP contribution < -0.4 is 0 Å². The summed E-state index contributed by atoms with van der Waals surface area (Å²) in [7, 11) is 0. The van der Waals surface area contributed by atoms with E-state index in [0.717, 1.165) is 22.2 Å². The number of nitrogens with zero attached hydrogens (tertiary/aromatic N) is 1. The van der Waals surface area contributed by atoms with E-state index in [9.17, 15) is 0 Å². The SMILES string of the molecule is c1ccc2c(c1)ccc1oc3cccc(-c4c5ccccc5c(-c5ccc(-n6c7ccccc7c7ccccc76)cc5)c5ccccc45)c3c12. The van der Waals surface area contributed by atoms with Gasteiger partial charge in [-0.05, 0) is 91.0 Å². The lowest BCUT2D eigenvalue weighted by atomic mass is 9.84. The lowest BCUT2D eigenvalue weighted by Crippen LogP contribution is -1.94. The number of hydrogen-bond donors (Lipinski definition) is 0. The smallest absolute Gasteiger partial charge is 0.136 e. The summed E-state index contributed by atoms with van der Waals surface area (Å²) >= 11 is 0. The van der Waals surface area contributed by atoms with Crippen molar-refractivity contribution in [2.45, 2.75) is 0 Å².